The zero-order chi connectivity index (χ0) is 26.8. The highest BCUT2D eigenvalue weighted by molar-refractivity contribution is 6.33. The van der Waals surface area contributed by atoms with Gasteiger partial charge in [-0.15, -0.1) is 0 Å². The van der Waals surface area contributed by atoms with E-state index in [1.165, 1.54) is 0 Å². The molecule has 5 aromatic carbocycles. The molecule has 6 aromatic rings. The number of nitrogens with one attached hydrogen (secondary N) is 1. The molecule has 5 heteroatoms. The van der Waals surface area contributed by atoms with Crippen LogP contribution in [0, 0.1) is 6.92 Å². The monoisotopic (exact) mass is 527 g/mol. The van der Waals surface area contributed by atoms with Gasteiger partial charge in [-0.2, -0.15) is 5.10 Å². The molecule has 4 nitrogen and oxygen atoms in total. The topological polar surface area (TPSA) is 46.9 Å². The lowest BCUT2D eigenvalue weighted by atomic mass is 9.77. The lowest BCUT2D eigenvalue weighted by Gasteiger charge is -2.37. The maximum absolute atomic E-state index is 11.8. The van der Waals surface area contributed by atoms with Crippen molar-refractivity contribution >= 4 is 34.7 Å². The summed E-state index contributed by atoms with van der Waals surface area (Å²) in [6, 6.07) is 43.3. The molecule has 1 N–H and O–H groups in total. The number of aryl methyl sites for hydroxylation is 1. The summed E-state index contributed by atoms with van der Waals surface area (Å²) in [4.78, 5) is 11.8. The number of carbonyl (C=O) groups excluding carboxylic acids is 1. The average molecular weight is 528 g/mol. The van der Waals surface area contributed by atoms with Crippen molar-refractivity contribution in [3.05, 3.63) is 155 Å². The van der Waals surface area contributed by atoms with Crippen molar-refractivity contribution in [1.29, 1.82) is 0 Å². The van der Waals surface area contributed by atoms with Crippen molar-refractivity contribution in [3.63, 3.8) is 0 Å². The van der Waals surface area contributed by atoms with Gasteiger partial charge in [0.15, 0.2) is 5.82 Å². The highest BCUT2D eigenvalue weighted by atomic mass is 35.5. The van der Waals surface area contributed by atoms with Gasteiger partial charge in [0.25, 0.3) is 0 Å². The Kier molecular flexibility index (Phi) is 6.47. The standard InChI is InChI=1S/C34H26ClN3O/c1-24-17-19-29(31(35)21-24)25-18-20-32-30(22-25)33(36-23-39)37-38(32)34(26-11-5-2-6-12-26,27-13-7-3-8-14-27)28-15-9-4-10-16-28/h2-23H,1H3,(H,36,37,39). The molecule has 1 aromatic heterocycles. The summed E-state index contributed by atoms with van der Waals surface area (Å²) in [5, 5.41) is 9.45. The van der Waals surface area contributed by atoms with Crippen molar-refractivity contribution in [2.75, 3.05) is 5.32 Å². The van der Waals surface area contributed by atoms with Gasteiger partial charge in [0, 0.05) is 16.0 Å². The Labute approximate surface area is 232 Å². The number of anilines is 1. The van der Waals surface area contributed by atoms with E-state index in [2.05, 4.69) is 53.8 Å². The first-order valence-electron chi connectivity index (χ1n) is 12.8. The highest BCUT2D eigenvalue weighted by Gasteiger charge is 2.40. The van der Waals surface area contributed by atoms with Crippen molar-refractivity contribution in [2.24, 2.45) is 0 Å². The molecular formula is C34H26ClN3O. The van der Waals surface area contributed by atoms with E-state index in [1.807, 2.05) is 90.5 Å². The summed E-state index contributed by atoms with van der Waals surface area (Å²) in [6.45, 7) is 2.02. The Bertz CT molecular complexity index is 1670. The summed E-state index contributed by atoms with van der Waals surface area (Å²) in [7, 11) is 0. The second-order valence-corrected chi connectivity index (χ2v) is 9.95. The van der Waals surface area contributed by atoms with Gasteiger partial charge in [-0.1, -0.05) is 121 Å². The number of amides is 1. The van der Waals surface area contributed by atoms with E-state index < -0.39 is 5.54 Å². The number of hydrogen-bond acceptors (Lipinski definition) is 2. The summed E-state index contributed by atoms with van der Waals surface area (Å²) >= 11 is 6.64. The molecule has 1 heterocycles. The van der Waals surface area contributed by atoms with Gasteiger partial charge in [0.1, 0.15) is 5.54 Å². The molecule has 0 atom stereocenters. The molecule has 0 bridgehead atoms. The highest BCUT2D eigenvalue weighted by Crippen LogP contribution is 2.44. The maximum atomic E-state index is 11.8. The van der Waals surface area contributed by atoms with E-state index >= 15 is 0 Å². The number of rotatable bonds is 7. The van der Waals surface area contributed by atoms with Gasteiger partial charge in [0.2, 0.25) is 6.41 Å². The first kappa shape index (κ1) is 24.7. The number of aromatic nitrogens is 2. The van der Waals surface area contributed by atoms with Crippen LogP contribution in [0.4, 0.5) is 5.82 Å². The molecule has 0 aliphatic heterocycles. The maximum Gasteiger partial charge on any atom is 0.212 e. The van der Waals surface area contributed by atoms with E-state index in [1.54, 1.807) is 0 Å². The van der Waals surface area contributed by atoms with E-state index in [4.69, 9.17) is 16.7 Å². The summed E-state index contributed by atoms with van der Waals surface area (Å²) in [6.07, 6.45) is 0.673. The quantitative estimate of drug-likeness (QED) is 0.168. The van der Waals surface area contributed by atoms with E-state index in [0.29, 0.717) is 17.3 Å². The fraction of sp³-hybridized carbons (Fsp3) is 0.0588. The van der Waals surface area contributed by atoms with E-state index in [-0.39, 0.29) is 0 Å². The van der Waals surface area contributed by atoms with Gasteiger partial charge in [0.05, 0.1) is 5.52 Å². The Morgan fingerprint density at radius 3 is 1.82 bits per heavy atom. The number of fused-ring (bicyclic) bond motifs is 1. The number of carbonyl (C=O) groups is 1. The Morgan fingerprint density at radius 1 is 0.744 bits per heavy atom. The van der Waals surface area contributed by atoms with Crippen LogP contribution in [-0.2, 0) is 10.3 Å². The SMILES string of the molecule is Cc1ccc(-c2ccc3c(c2)c(NC=O)nn3C(c2ccccc2)(c2ccccc2)c2ccccc2)c(Cl)c1. The minimum atomic E-state index is -0.812. The molecule has 0 saturated heterocycles. The van der Waals surface area contributed by atoms with Crippen LogP contribution in [0.2, 0.25) is 5.02 Å². The zero-order valence-corrected chi connectivity index (χ0v) is 22.1. The lowest BCUT2D eigenvalue weighted by molar-refractivity contribution is -0.105. The third-order valence-corrected chi connectivity index (χ3v) is 7.52. The summed E-state index contributed by atoms with van der Waals surface area (Å²) in [5.41, 5.74) is 6.19. The fourth-order valence-corrected chi connectivity index (χ4v) is 5.81. The van der Waals surface area contributed by atoms with Crippen molar-refractivity contribution in [2.45, 2.75) is 12.5 Å². The first-order valence-corrected chi connectivity index (χ1v) is 13.2. The zero-order valence-electron chi connectivity index (χ0n) is 21.4. The fourth-order valence-electron chi connectivity index (χ4n) is 5.46. The molecule has 190 valence electrons. The molecule has 0 fully saturated rings. The number of nitrogens with zero attached hydrogens (tertiary/aromatic N) is 2. The van der Waals surface area contributed by atoms with Crippen molar-refractivity contribution < 1.29 is 4.79 Å². The molecule has 0 spiro atoms. The van der Waals surface area contributed by atoms with Gasteiger partial charge in [-0.25, -0.2) is 4.68 Å². The number of benzene rings is 5. The predicted octanol–water partition coefficient (Wildman–Crippen LogP) is 8.07. The van der Waals surface area contributed by atoms with Crippen molar-refractivity contribution in [3.8, 4) is 11.1 Å². The smallest absolute Gasteiger partial charge is 0.212 e. The molecule has 0 saturated carbocycles. The molecule has 0 radical (unpaired) electrons. The van der Waals surface area contributed by atoms with Crippen LogP contribution in [0.25, 0.3) is 22.0 Å². The second-order valence-electron chi connectivity index (χ2n) is 9.55. The molecule has 39 heavy (non-hydrogen) atoms. The minimum absolute atomic E-state index is 0.484. The number of halogens is 1. The van der Waals surface area contributed by atoms with Gasteiger partial charge < -0.3 is 5.32 Å². The lowest BCUT2D eigenvalue weighted by Crippen LogP contribution is -2.38. The third-order valence-electron chi connectivity index (χ3n) is 7.20. The van der Waals surface area contributed by atoms with Gasteiger partial charge in [-0.05, 0) is 52.9 Å². The van der Waals surface area contributed by atoms with Crippen LogP contribution < -0.4 is 5.32 Å². The molecular weight excluding hydrogens is 502 g/mol. The van der Waals surface area contributed by atoms with Gasteiger partial charge >= 0.3 is 0 Å². The van der Waals surface area contributed by atoms with Crippen LogP contribution in [-0.4, -0.2) is 16.2 Å². The largest absolute Gasteiger partial charge is 0.311 e. The van der Waals surface area contributed by atoms with Crippen LogP contribution in [0.15, 0.2) is 127 Å². The first-order chi connectivity index (χ1) is 19.1. The predicted molar refractivity (Wildman–Crippen MR) is 159 cm³/mol. The summed E-state index contributed by atoms with van der Waals surface area (Å²) in [5.74, 6) is 0.484. The summed E-state index contributed by atoms with van der Waals surface area (Å²) < 4.78 is 2.04. The molecule has 0 unspecified atom stereocenters. The molecule has 0 aliphatic carbocycles. The average Bonchev–Trinajstić information content (AvgIpc) is 3.33. The minimum Gasteiger partial charge on any atom is -0.311 e. The van der Waals surface area contributed by atoms with Gasteiger partial charge in [-0.3, -0.25) is 4.79 Å². The third kappa shape index (κ3) is 4.19. The van der Waals surface area contributed by atoms with Crippen molar-refractivity contribution in [1.82, 2.24) is 9.78 Å². The van der Waals surface area contributed by atoms with Crippen LogP contribution in [0.1, 0.15) is 22.3 Å². The van der Waals surface area contributed by atoms with E-state index in [0.717, 1.165) is 44.3 Å². The Morgan fingerprint density at radius 2 is 1.31 bits per heavy atom. The molecule has 0 aliphatic rings. The Hall–Kier alpha value is -4.67. The second kappa shape index (κ2) is 10.2. The van der Waals surface area contributed by atoms with Crippen LogP contribution >= 0.6 is 11.6 Å². The van der Waals surface area contributed by atoms with Crippen LogP contribution in [0.5, 0.6) is 0 Å². The normalized spacial score (nSPS) is 11.4. The molecule has 1 amide bonds. The van der Waals surface area contributed by atoms with E-state index in [9.17, 15) is 4.79 Å². The molecule has 6 rings (SSSR count). The Balaban J connectivity index is 1.71. The number of hydrogen-bond donors (Lipinski definition) is 1. The van der Waals surface area contributed by atoms with Crippen LogP contribution in [0.3, 0.4) is 0 Å².